The molecule has 1 heterocycles. The first-order valence-electron chi connectivity index (χ1n) is 7.69. The Labute approximate surface area is 134 Å². The van der Waals surface area contributed by atoms with Gasteiger partial charge in [-0.2, -0.15) is 0 Å². The van der Waals surface area contributed by atoms with Gasteiger partial charge in [-0.1, -0.05) is 24.3 Å². The van der Waals surface area contributed by atoms with Gasteiger partial charge in [0.05, 0.1) is 19.3 Å². The zero-order valence-electron chi connectivity index (χ0n) is 12.7. The van der Waals surface area contributed by atoms with Crippen LogP contribution in [0.15, 0.2) is 48.5 Å². The summed E-state index contributed by atoms with van der Waals surface area (Å²) in [6.45, 7) is 1.76. The molecule has 2 aromatic carbocycles. The van der Waals surface area contributed by atoms with E-state index in [1.54, 1.807) is 24.3 Å². The molecule has 0 saturated carbocycles. The van der Waals surface area contributed by atoms with Crippen molar-refractivity contribution in [1.82, 2.24) is 5.32 Å². The minimum Gasteiger partial charge on any atom is -0.350 e. The highest BCUT2D eigenvalue weighted by atomic mass is 19.1. The predicted octanol–water partition coefficient (Wildman–Crippen LogP) is 3.21. The lowest BCUT2D eigenvalue weighted by molar-refractivity contribution is -0.176. The van der Waals surface area contributed by atoms with E-state index in [0.717, 1.165) is 17.7 Å². The predicted molar refractivity (Wildman–Crippen MR) is 82.9 cm³/mol. The lowest BCUT2D eigenvalue weighted by Crippen LogP contribution is -2.43. The van der Waals surface area contributed by atoms with E-state index in [2.05, 4.69) is 5.32 Å². The van der Waals surface area contributed by atoms with Crippen molar-refractivity contribution in [3.63, 3.8) is 0 Å². The molecule has 1 N–H and O–H groups in total. The summed E-state index contributed by atoms with van der Waals surface area (Å²) in [5.41, 5.74) is 1.94. The highest BCUT2D eigenvalue weighted by Crippen LogP contribution is 2.23. The van der Waals surface area contributed by atoms with Crippen LogP contribution >= 0.6 is 0 Å². The third kappa shape index (κ3) is 4.34. The molecule has 0 aliphatic carbocycles. The second-order valence-corrected chi connectivity index (χ2v) is 5.47. The number of morpholine rings is 1. The molecular weight excluding hydrogens is 300 g/mol. The molecule has 2 aromatic rings. The molecule has 0 spiro atoms. The largest absolute Gasteiger partial charge is 0.350 e. The molecular formula is C18H19F2NO2. The monoisotopic (exact) mass is 319 g/mol. The molecule has 1 fully saturated rings. The van der Waals surface area contributed by atoms with Gasteiger partial charge in [-0.15, -0.1) is 0 Å². The molecule has 1 saturated heterocycles. The van der Waals surface area contributed by atoms with E-state index < -0.39 is 6.29 Å². The van der Waals surface area contributed by atoms with Crippen LogP contribution in [0.25, 0.3) is 0 Å². The van der Waals surface area contributed by atoms with Crippen molar-refractivity contribution in [2.24, 2.45) is 0 Å². The van der Waals surface area contributed by atoms with Gasteiger partial charge in [-0.3, -0.25) is 0 Å². The summed E-state index contributed by atoms with van der Waals surface area (Å²) in [6, 6.07) is 12.6. The summed E-state index contributed by atoms with van der Waals surface area (Å²) in [7, 11) is 0. The SMILES string of the molecule is Fc1ccc(CCO[C@@H]2OCCN[C@H]2c2ccc(F)cc2)cc1. The first-order valence-corrected chi connectivity index (χ1v) is 7.69. The maximum absolute atomic E-state index is 13.1. The van der Waals surface area contributed by atoms with E-state index in [0.29, 0.717) is 19.6 Å². The molecule has 1 aliphatic heterocycles. The molecule has 1 aliphatic rings. The first-order chi connectivity index (χ1) is 11.2. The highest BCUT2D eigenvalue weighted by molar-refractivity contribution is 5.21. The summed E-state index contributed by atoms with van der Waals surface area (Å²) in [5, 5.41) is 3.34. The Bertz CT molecular complexity index is 616. The Kier molecular flexibility index (Phi) is 5.33. The lowest BCUT2D eigenvalue weighted by atomic mass is 10.1. The van der Waals surface area contributed by atoms with E-state index in [-0.39, 0.29) is 17.7 Å². The van der Waals surface area contributed by atoms with Crippen molar-refractivity contribution < 1.29 is 18.3 Å². The van der Waals surface area contributed by atoms with Crippen LogP contribution in [0.3, 0.4) is 0 Å². The number of nitrogens with one attached hydrogen (secondary N) is 1. The van der Waals surface area contributed by atoms with Gasteiger partial charge in [0.25, 0.3) is 0 Å². The number of rotatable bonds is 5. The topological polar surface area (TPSA) is 30.5 Å². The van der Waals surface area contributed by atoms with Gasteiger partial charge in [0.1, 0.15) is 11.6 Å². The summed E-state index contributed by atoms with van der Waals surface area (Å²) < 4.78 is 37.5. The van der Waals surface area contributed by atoms with Crippen LogP contribution < -0.4 is 5.32 Å². The molecule has 0 amide bonds. The molecule has 122 valence electrons. The van der Waals surface area contributed by atoms with E-state index in [1.807, 2.05) is 0 Å². The average molecular weight is 319 g/mol. The number of halogens is 2. The van der Waals surface area contributed by atoms with Gasteiger partial charge in [0.15, 0.2) is 6.29 Å². The third-order valence-corrected chi connectivity index (χ3v) is 3.84. The fourth-order valence-electron chi connectivity index (χ4n) is 2.62. The molecule has 0 radical (unpaired) electrons. The van der Waals surface area contributed by atoms with Gasteiger partial charge in [0.2, 0.25) is 0 Å². The smallest absolute Gasteiger partial charge is 0.176 e. The van der Waals surface area contributed by atoms with E-state index in [9.17, 15) is 8.78 Å². The van der Waals surface area contributed by atoms with E-state index in [4.69, 9.17) is 9.47 Å². The number of hydrogen-bond donors (Lipinski definition) is 1. The van der Waals surface area contributed by atoms with Crippen molar-refractivity contribution in [2.75, 3.05) is 19.8 Å². The summed E-state index contributed by atoms with van der Waals surface area (Å²) in [6.07, 6.45) is 0.255. The van der Waals surface area contributed by atoms with Crippen molar-refractivity contribution in [2.45, 2.75) is 18.8 Å². The van der Waals surface area contributed by atoms with Crippen LogP contribution in [-0.4, -0.2) is 26.0 Å². The van der Waals surface area contributed by atoms with Crippen LogP contribution in [0.2, 0.25) is 0 Å². The zero-order chi connectivity index (χ0) is 16.1. The minimum atomic E-state index is -0.422. The summed E-state index contributed by atoms with van der Waals surface area (Å²) in [4.78, 5) is 0. The standard InChI is InChI=1S/C18H19F2NO2/c19-15-5-1-13(2-6-15)9-11-22-18-17(21-10-12-23-18)14-3-7-16(20)8-4-14/h1-8,17-18,21H,9-12H2/t17-,18+/m0/s1. The fourth-order valence-corrected chi connectivity index (χ4v) is 2.62. The van der Waals surface area contributed by atoms with Crippen molar-refractivity contribution >= 4 is 0 Å². The second kappa shape index (κ2) is 7.64. The van der Waals surface area contributed by atoms with Gasteiger partial charge < -0.3 is 14.8 Å². The van der Waals surface area contributed by atoms with Crippen LogP contribution in [0, 0.1) is 11.6 Å². The number of hydrogen-bond acceptors (Lipinski definition) is 3. The Morgan fingerprint density at radius 2 is 1.65 bits per heavy atom. The van der Waals surface area contributed by atoms with Crippen molar-refractivity contribution in [3.8, 4) is 0 Å². The van der Waals surface area contributed by atoms with Gasteiger partial charge in [-0.05, 0) is 41.8 Å². The maximum Gasteiger partial charge on any atom is 0.176 e. The van der Waals surface area contributed by atoms with Crippen molar-refractivity contribution in [3.05, 3.63) is 71.3 Å². The third-order valence-electron chi connectivity index (χ3n) is 3.84. The quantitative estimate of drug-likeness (QED) is 0.918. The normalized spacial score (nSPS) is 21.3. The summed E-state index contributed by atoms with van der Waals surface area (Å²) in [5.74, 6) is -0.509. The lowest BCUT2D eigenvalue weighted by Gasteiger charge is -2.33. The Morgan fingerprint density at radius 1 is 1.00 bits per heavy atom. The molecule has 0 bridgehead atoms. The fraction of sp³-hybridized carbons (Fsp3) is 0.333. The molecule has 5 heteroatoms. The molecule has 3 rings (SSSR count). The Balaban J connectivity index is 1.58. The number of ether oxygens (including phenoxy) is 2. The zero-order valence-corrected chi connectivity index (χ0v) is 12.7. The molecule has 2 atom stereocenters. The molecule has 0 unspecified atom stereocenters. The first kappa shape index (κ1) is 16.1. The van der Waals surface area contributed by atoms with E-state index in [1.165, 1.54) is 24.3 Å². The molecule has 3 nitrogen and oxygen atoms in total. The molecule has 0 aromatic heterocycles. The Hall–Kier alpha value is -1.82. The van der Waals surface area contributed by atoms with E-state index >= 15 is 0 Å². The molecule has 23 heavy (non-hydrogen) atoms. The van der Waals surface area contributed by atoms with Crippen LogP contribution in [0.1, 0.15) is 17.2 Å². The van der Waals surface area contributed by atoms with Crippen LogP contribution in [0.4, 0.5) is 8.78 Å². The van der Waals surface area contributed by atoms with Crippen molar-refractivity contribution in [1.29, 1.82) is 0 Å². The highest BCUT2D eigenvalue weighted by Gasteiger charge is 2.27. The Morgan fingerprint density at radius 3 is 2.35 bits per heavy atom. The average Bonchev–Trinajstić information content (AvgIpc) is 2.58. The van der Waals surface area contributed by atoms with Gasteiger partial charge >= 0.3 is 0 Å². The maximum atomic E-state index is 13.1. The second-order valence-electron chi connectivity index (χ2n) is 5.47. The van der Waals surface area contributed by atoms with Crippen LogP contribution in [0.5, 0.6) is 0 Å². The van der Waals surface area contributed by atoms with Gasteiger partial charge in [0, 0.05) is 6.54 Å². The minimum absolute atomic E-state index is 0.127. The van der Waals surface area contributed by atoms with Gasteiger partial charge in [-0.25, -0.2) is 8.78 Å². The van der Waals surface area contributed by atoms with Crippen LogP contribution in [-0.2, 0) is 15.9 Å². The number of benzene rings is 2. The summed E-state index contributed by atoms with van der Waals surface area (Å²) >= 11 is 0.